The quantitative estimate of drug-likeness (QED) is 0.753. The number of nitrogens with zero attached hydrogens (tertiary/aromatic N) is 3. The second kappa shape index (κ2) is 8.43. The summed E-state index contributed by atoms with van der Waals surface area (Å²) in [5.74, 6) is 0.419. The number of aryl methyl sites for hydroxylation is 1. The molecule has 1 aromatic rings. The number of amides is 2. The molecule has 4 heterocycles. The van der Waals surface area contributed by atoms with E-state index < -0.39 is 0 Å². The van der Waals surface area contributed by atoms with Gasteiger partial charge in [0, 0.05) is 44.4 Å². The molecule has 0 bridgehead atoms. The average molecular weight is 383 g/mol. The third-order valence-electron chi connectivity index (χ3n) is 6.04. The summed E-state index contributed by atoms with van der Waals surface area (Å²) in [5, 5.41) is 0. The van der Waals surface area contributed by atoms with E-state index in [1.807, 2.05) is 28.9 Å². The fourth-order valence-electron chi connectivity index (χ4n) is 4.41. The molecule has 1 unspecified atom stereocenters. The Morgan fingerprint density at radius 3 is 2.57 bits per heavy atom. The van der Waals surface area contributed by atoms with Crippen LogP contribution in [0.25, 0.3) is 0 Å². The van der Waals surface area contributed by atoms with E-state index in [1.54, 1.807) is 0 Å². The monoisotopic (exact) mass is 383 g/mol. The summed E-state index contributed by atoms with van der Waals surface area (Å²) in [4.78, 5) is 34.3. The van der Waals surface area contributed by atoms with E-state index in [-0.39, 0.29) is 23.8 Å². The van der Waals surface area contributed by atoms with Gasteiger partial charge in [-0.1, -0.05) is 12.2 Å². The molecule has 0 radical (unpaired) electrons. The molecular formula is C22H29N3O3. The second-order valence-electron chi connectivity index (χ2n) is 8.00. The van der Waals surface area contributed by atoms with Gasteiger partial charge in [-0.15, -0.1) is 0 Å². The minimum atomic E-state index is -0.252. The van der Waals surface area contributed by atoms with Crippen molar-refractivity contribution in [1.82, 2.24) is 14.8 Å². The molecule has 4 rings (SSSR count). The van der Waals surface area contributed by atoms with Crippen molar-refractivity contribution < 1.29 is 14.3 Å². The highest BCUT2D eigenvalue weighted by molar-refractivity contribution is 5.95. The van der Waals surface area contributed by atoms with Gasteiger partial charge >= 0.3 is 0 Å². The van der Waals surface area contributed by atoms with Gasteiger partial charge < -0.3 is 14.5 Å². The molecule has 1 atom stereocenters. The molecular weight excluding hydrogens is 354 g/mol. The number of carbonyl (C=O) groups is 2. The van der Waals surface area contributed by atoms with Crippen LogP contribution in [0.2, 0.25) is 0 Å². The highest BCUT2D eigenvalue weighted by Crippen LogP contribution is 2.31. The normalized spacial score (nSPS) is 23.2. The number of hydrogen-bond acceptors (Lipinski definition) is 4. The minimum Gasteiger partial charge on any atom is -0.368 e. The van der Waals surface area contributed by atoms with Crippen LogP contribution >= 0.6 is 0 Å². The van der Waals surface area contributed by atoms with Gasteiger partial charge in [0.2, 0.25) is 0 Å². The molecule has 2 fully saturated rings. The van der Waals surface area contributed by atoms with Crippen LogP contribution in [0, 0.1) is 6.92 Å². The third kappa shape index (κ3) is 3.97. The van der Waals surface area contributed by atoms with Crippen molar-refractivity contribution >= 4 is 11.8 Å². The summed E-state index contributed by atoms with van der Waals surface area (Å²) in [6.07, 6.45) is 8.32. The molecule has 0 aliphatic carbocycles. The van der Waals surface area contributed by atoms with Crippen molar-refractivity contribution in [2.24, 2.45) is 0 Å². The number of rotatable bonds is 3. The van der Waals surface area contributed by atoms with Crippen LogP contribution in [0.1, 0.15) is 59.8 Å². The van der Waals surface area contributed by atoms with E-state index in [0.717, 1.165) is 55.6 Å². The number of carbonyl (C=O) groups excluding carboxylic acids is 2. The van der Waals surface area contributed by atoms with Gasteiger partial charge in [0.1, 0.15) is 6.10 Å². The average Bonchev–Trinajstić information content (AvgIpc) is 3.28. The van der Waals surface area contributed by atoms with Gasteiger partial charge in [0.15, 0.2) is 0 Å². The molecule has 0 spiro atoms. The van der Waals surface area contributed by atoms with Gasteiger partial charge in [-0.25, -0.2) is 0 Å². The lowest BCUT2D eigenvalue weighted by Gasteiger charge is -2.34. The topological polar surface area (TPSA) is 62.7 Å². The fraction of sp³-hybridized carbons (Fsp3) is 0.591. The van der Waals surface area contributed by atoms with Gasteiger partial charge in [0.05, 0.1) is 11.3 Å². The molecule has 3 aliphatic heterocycles. The largest absolute Gasteiger partial charge is 0.368 e. The highest BCUT2D eigenvalue weighted by atomic mass is 16.5. The minimum absolute atomic E-state index is 0.0738. The standard InChI is InChI=1S/C22H29N3O3/c1-16-7-8-18(21(26)24-11-3-2-4-12-24)20(23-16)17-9-13-25(14-10-17)22(27)19-6-5-15-28-19/h2-3,7-8,17,19H,4-6,9-15H2,1H3. The smallest absolute Gasteiger partial charge is 0.256 e. The van der Waals surface area contributed by atoms with Gasteiger partial charge in [-0.05, 0) is 51.2 Å². The summed E-state index contributed by atoms with van der Waals surface area (Å²) < 4.78 is 5.55. The summed E-state index contributed by atoms with van der Waals surface area (Å²) in [5.41, 5.74) is 2.57. The van der Waals surface area contributed by atoms with E-state index in [0.29, 0.717) is 26.2 Å². The Hall–Kier alpha value is -2.21. The first kappa shape index (κ1) is 19.1. The zero-order valence-electron chi connectivity index (χ0n) is 16.6. The Bertz CT molecular complexity index is 762. The Morgan fingerprint density at radius 2 is 1.89 bits per heavy atom. The summed E-state index contributed by atoms with van der Waals surface area (Å²) >= 11 is 0. The second-order valence-corrected chi connectivity index (χ2v) is 8.00. The molecule has 6 nitrogen and oxygen atoms in total. The SMILES string of the molecule is Cc1ccc(C(=O)N2CC=CCC2)c(C2CCN(C(=O)C3CCCO3)CC2)n1. The Morgan fingerprint density at radius 1 is 1.07 bits per heavy atom. The fourth-order valence-corrected chi connectivity index (χ4v) is 4.41. The Balaban J connectivity index is 1.47. The molecule has 6 heteroatoms. The van der Waals surface area contributed by atoms with E-state index in [1.165, 1.54) is 0 Å². The number of ether oxygens (including phenoxy) is 1. The van der Waals surface area contributed by atoms with E-state index >= 15 is 0 Å². The third-order valence-corrected chi connectivity index (χ3v) is 6.04. The predicted octanol–water partition coefficient (Wildman–Crippen LogP) is 2.68. The Labute approximate surface area is 166 Å². The number of likely N-dealkylation sites (tertiary alicyclic amines) is 1. The zero-order chi connectivity index (χ0) is 19.5. The summed E-state index contributed by atoms with van der Waals surface area (Å²) in [7, 11) is 0. The van der Waals surface area contributed by atoms with Crippen molar-refractivity contribution in [3.8, 4) is 0 Å². The number of pyridine rings is 1. The Kier molecular flexibility index (Phi) is 5.76. The lowest BCUT2D eigenvalue weighted by Crippen LogP contribution is -2.43. The lowest BCUT2D eigenvalue weighted by atomic mass is 9.89. The van der Waals surface area contributed by atoms with E-state index in [9.17, 15) is 9.59 Å². The molecule has 0 aromatic carbocycles. The van der Waals surface area contributed by atoms with Crippen molar-refractivity contribution in [3.05, 3.63) is 41.2 Å². The van der Waals surface area contributed by atoms with Crippen LogP contribution in [0.3, 0.4) is 0 Å². The van der Waals surface area contributed by atoms with Crippen molar-refractivity contribution in [1.29, 1.82) is 0 Å². The molecule has 2 amide bonds. The summed E-state index contributed by atoms with van der Waals surface area (Å²) in [6.45, 7) is 5.50. The van der Waals surface area contributed by atoms with Crippen LogP contribution in [-0.2, 0) is 9.53 Å². The maximum Gasteiger partial charge on any atom is 0.256 e. The van der Waals surface area contributed by atoms with Gasteiger partial charge in [-0.3, -0.25) is 14.6 Å². The van der Waals surface area contributed by atoms with E-state index in [4.69, 9.17) is 9.72 Å². The first-order chi connectivity index (χ1) is 13.6. The maximum atomic E-state index is 13.1. The predicted molar refractivity (Wildman–Crippen MR) is 106 cm³/mol. The van der Waals surface area contributed by atoms with Gasteiger partial charge in [0.25, 0.3) is 11.8 Å². The number of piperidine rings is 1. The molecule has 2 saturated heterocycles. The van der Waals surface area contributed by atoms with Crippen LogP contribution in [-0.4, -0.2) is 65.5 Å². The molecule has 0 saturated carbocycles. The number of hydrogen-bond donors (Lipinski definition) is 0. The first-order valence-corrected chi connectivity index (χ1v) is 10.5. The van der Waals surface area contributed by atoms with Crippen molar-refractivity contribution in [2.75, 3.05) is 32.8 Å². The van der Waals surface area contributed by atoms with Crippen LogP contribution < -0.4 is 0 Å². The summed E-state index contributed by atoms with van der Waals surface area (Å²) in [6, 6.07) is 3.86. The lowest BCUT2D eigenvalue weighted by molar-refractivity contribution is -0.142. The maximum absolute atomic E-state index is 13.1. The number of aromatic nitrogens is 1. The van der Waals surface area contributed by atoms with Crippen LogP contribution in [0.4, 0.5) is 0 Å². The highest BCUT2D eigenvalue weighted by Gasteiger charge is 2.33. The molecule has 150 valence electrons. The van der Waals surface area contributed by atoms with E-state index in [2.05, 4.69) is 12.2 Å². The molecule has 28 heavy (non-hydrogen) atoms. The van der Waals surface area contributed by atoms with Crippen LogP contribution in [0.5, 0.6) is 0 Å². The van der Waals surface area contributed by atoms with Crippen LogP contribution in [0.15, 0.2) is 24.3 Å². The van der Waals surface area contributed by atoms with Crippen molar-refractivity contribution in [3.63, 3.8) is 0 Å². The first-order valence-electron chi connectivity index (χ1n) is 10.5. The van der Waals surface area contributed by atoms with Crippen molar-refractivity contribution in [2.45, 2.75) is 51.0 Å². The zero-order valence-corrected chi connectivity index (χ0v) is 16.6. The van der Waals surface area contributed by atoms with Gasteiger partial charge in [-0.2, -0.15) is 0 Å². The molecule has 0 N–H and O–H groups in total. The molecule has 3 aliphatic rings. The molecule has 1 aromatic heterocycles.